The molecule has 0 spiro atoms. The molecule has 496 valence electrons. The lowest BCUT2D eigenvalue weighted by Gasteiger charge is -2.22. The van der Waals surface area contributed by atoms with Gasteiger partial charge in [0, 0.05) is 12.8 Å². The molecule has 0 rings (SSSR count). The third kappa shape index (κ3) is 69.8. The molecule has 0 bridgehead atoms. The van der Waals surface area contributed by atoms with E-state index in [1.54, 1.807) is 0 Å². The van der Waals surface area contributed by atoms with Crippen LogP contribution >= 0.6 is 0 Å². The van der Waals surface area contributed by atoms with Crippen LogP contribution in [0.3, 0.4) is 0 Å². The third-order valence-electron chi connectivity index (χ3n) is 18.7. The largest absolute Gasteiger partial charge is 0.466 e. The fraction of sp³-hybridized carbons (Fsp3) is 0.974. The molecule has 0 saturated heterocycles. The van der Waals surface area contributed by atoms with Crippen molar-refractivity contribution in [1.29, 1.82) is 0 Å². The monoisotopic (exact) mass is 1170 g/mol. The van der Waals surface area contributed by atoms with Crippen LogP contribution in [0.25, 0.3) is 0 Å². The maximum absolute atomic E-state index is 12.5. The zero-order valence-electron chi connectivity index (χ0n) is 57.0. The van der Waals surface area contributed by atoms with Crippen LogP contribution in [0, 0.1) is 0 Å². The first-order chi connectivity index (χ1) is 41.0. The molecule has 0 aliphatic heterocycles. The fourth-order valence-corrected chi connectivity index (χ4v) is 12.8. The van der Waals surface area contributed by atoms with E-state index in [1.807, 2.05) is 0 Å². The number of amides is 1. The van der Waals surface area contributed by atoms with Crippen LogP contribution in [0.1, 0.15) is 457 Å². The highest BCUT2D eigenvalue weighted by atomic mass is 16.5. The Hall–Kier alpha value is -1.14. The van der Waals surface area contributed by atoms with Crippen molar-refractivity contribution in [3.63, 3.8) is 0 Å². The minimum absolute atomic E-state index is 0.0260. The van der Waals surface area contributed by atoms with Crippen LogP contribution in [0.4, 0.5) is 0 Å². The maximum atomic E-state index is 12.5. The summed E-state index contributed by atoms with van der Waals surface area (Å²) in [6.45, 7) is 5.01. The molecular formula is C77H153NO5. The molecule has 3 N–H and O–H groups in total. The van der Waals surface area contributed by atoms with Gasteiger partial charge in [0.1, 0.15) is 0 Å². The predicted octanol–water partition coefficient (Wildman–Crippen LogP) is 25.3. The molecule has 0 heterocycles. The second kappa shape index (κ2) is 73.3. The van der Waals surface area contributed by atoms with E-state index >= 15 is 0 Å². The summed E-state index contributed by atoms with van der Waals surface area (Å²) in [5.41, 5.74) is 0. The van der Waals surface area contributed by atoms with Crippen molar-refractivity contribution in [2.45, 2.75) is 469 Å². The number of esters is 1. The average molecular weight is 1170 g/mol. The van der Waals surface area contributed by atoms with Gasteiger partial charge in [-0.3, -0.25) is 9.59 Å². The Morgan fingerprint density at radius 3 is 0.735 bits per heavy atom. The second-order valence-electron chi connectivity index (χ2n) is 27.1. The SMILES string of the molecule is CCCCCCCCCCCCCCCCCCCCC(=O)OCCCCCCCCCCCCCCCCCCCCCCCCCCCCCCCCCCCC(=O)NC(CO)C(O)CCCCCCCCCCCCCCCCC. The first kappa shape index (κ1) is 81.9. The zero-order chi connectivity index (χ0) is 59.9. The Morgan fingerprint density at radius 1 is 0.289 bits per heavy atom. The highest BCUT2D eigenvalue weighted by molar-refractivity contribution is 5.76. The summed E-state index contributed by atoms with van der Waals surface area (Å²) in [5, 5.41) is 23.4. The summed E-state index contributed by atoms with van der Waals surface area (Å²) >= 11 is 0. The van der Waals surface area contributed by atoms with Gasteiger partial charge in [-0.1, -0.05) is 418 Å². The summed E-state index contributed by atoms with van der Waals surface area (Å²) in [6, 6.07) is -0.536. The first-order valence-corrected chi connectivity index (χ1v) is 38.8. The zero-order valence-corrected chi connectivity index (χ0v) is 57.0. The van der Waals surface area contributed by atoms with E-state index in [-0.39, 0.29) is 18.5 Å². The lowest BCUT2D eigenvalue weighted by Crippen LogP contribution is -2.45. The quantitative estimate of drug-likeness (QED) is 0.0417. The van der Waals surface area contributed by atoms with Gasteiger partial charge in [0.15, 0.2) is 0 Å². The van der Waals surface area contributed by atoms with Crippen molar-refractivity contribution in [2.24, 2.45) is 0 Å². The Bertz CT molecular complexity index is 1210. The number of carbonyl (C=O) groups is 2. The molecule has 0 aromatic heterocycles. The van der Waals surface area contributed by atoms with Crippen LogP contribution < -0.4 is 5.32 Å². The standard InChI is InChI=1S/C77H153NO5/c1-3-5-7-9-11-13-15-17-19-20-39-43-47-51-55-59-63-67-71-77(82)83-72-68-64-60-56-52-48-44-40-37-35-33-31-29-27-25-23-21-22-24-26-28-30-32-34-36-38-42-46-50-54-58-62-66-70-76(81)78-74(73-79)75(80)69-65-61-57-53-49-45-41-18-16-14-12-10-8-6-4-2/h74-75,79-80H,3-73H2,1-2H3,(H,78,81). The van der Waals surface area contributed by atoms with Gasteiger partial charge in [-0.25, -0.2) is 0 Å². The van der Waals surface area contributed by atoms with Crippen LogP contribution in [-0.2, 0) is 14.3 Å². The number of nitrogens with one attached hydrogen (secondary N) is 1. The number of ether oxygens (including phenoxy) is 1. The minimum Gasteiger partial charge on any atom is -0.466 e. The molecule has 0 saturated carbocycles. The topological polar surface area (TPSA) is 95.9 Å². The molecule has 0 aliphatic rings. The van der Waals surface area contributed by atoms with Gasteiger partial charge in [-0.05, 0) is 25.7 Å². The molecule has 2 unspecified atom stereocenters. The molecule has 6 nitrogen and oxygen atoms in total. The molecular weight excluding hydrogens is 1020 g/mol. The van der Waals surface area contributed by atoms with E-state index in [0.29, 0.717) is 25.9 Å². The van der Waals surface area contributed by atoms with Gasteiger partial charge in [0.2, 0.25) is 5.91 Å². The van der Waals surface area contributed by atoms with E-state index in [2.05, 4.69) is 19.2 Å². The Balaban J connectivity index is 3.28. The second-order valence-corrected chi connectivity index (χ2v) is 27.1. The maximum Gasteiger partial charge on any atom is 0.305 e. The van der Waals surface area contributed by atoms with Crippen LogP contribution in [0.2, 0.25) is 0 Å². The van der Waals surface area contributed by atoms with E-state index in [1.165, 1.54) is 385 Å². The molecule has 6 heteroatoms. The molecule has 0 aromatic carbocycles. The van der Waals surface area contributed by atoms with Gasteiger partial charge in [-0.15, -0.1) is 0 Å². The van der Waals surface area contributed by atoms with Gasteiger partial charge in [0.25, 0.3) is 0 Å². The summed E-state index contributed by atoms with van der Waals surface area (Å²) in [6.07, 6.45) is 90.5. The minimum atomic E-state index is -0.660. The molecule has 0 fully saturated rings. The number of aliphatic hydroxyl groups excluding tert-OH is 2. The lowest BCUT2D eigenvalue weighted by atomic mass is 10.0. The van der Waals surface area contributed by atoms with E-state index < -0.39 is 12.1 Å². The van der Waals surface area contributed by atoms with Crippen molar-refractivity contribution in [2.75, 3.05) is 13.2 Å². The average Bonchev–Trinajstić information content (AvgIpc) is 3.48. The van der Waals surface area contributed by atoms with E-state index in [9.17, 15) is 19.8 Å². The Morgan fingerprint density at radius 2 is 0.494 bits per heavy atom. The van der Waals surface area contributed by atoms with Crippen molar-refractivity contribution in [3.05, 3.63) is 0 Å². The van der Waals surface area contributed by atoms with E-state index in [4.69, 9.17) is 4.74 Å². The normalized spacial score (nSPS) is 12.4. The highest BCUT2D eigenvalue weighted by Gasteiger charge is 2.20. The highest BCUT2D eigenvalue weighted by Crippen LogP contribution is 2.20. The van der Waals surface area contributed by atoms with Crippen molar-refractivity contribution < 1.29 is 24.5 Å². The lowest BCUT2D eigenvalue weighted by molar-refractivity contribution is -0.143. The number of carbonyl (C=O) groups excluding carboxylic acids is 2. The summed E-state index contributed by atoms with van der Waals surface area (Å²) in [7, 11) is 0. The summed E-state index contributed by atoms with van der Waals surface area (Å²) in [4.78, 5) is 24.6. The van der Waals surface area contributed by atoms with Crippen LogP contribution in [0.5, 0.6) is 0 Å². The molecule has 0 aromatic rings. The third-order valence-corrected chi connectivity index (χ3v) is 18.7. The number of rotatable bonds is 74. The van der Waals surface area contributed by atoms with Crippen LogP contribution in [-0.4, -0.2) is 47.4 Å². The molecule has 0 aliphatic carbocycles. The van der Waals surface area contributed by atoms with Crippen LogP contribution in [0.15, 0.2) is 0 Å². The Kier molecular flexibility index (Phi) is 72.3. The summed E-state index contributed by atoms with van der Waals surface area (Å²) in [5.74, 6) is 0.00157. The fourth-order valence-electron chi connectivity index (χ4n) is 12.8. The van der Waals surface area contributed by atoms with Crippen molar-refractivity contribution in [1.82, 2.24) is 5.32 Å². The predicted molar refractivity (Wildman–Crippen MR) is 366 cm³/mol. The van der Waals surface area contributed by atoms with Gasteiger partial charge < -0.3 is 20.3 Å². The summed E-state index contributed by atoms with van der Waals surface area (Å²) < 4.78 is 5.52. The number of hydrogen-bond donors (Lipinski definition) is 3. The molecule has 0 radical (unpaired) electrons. The smallest absolute Gasteiger partial charge is 0.305 e. The Labute approximate surface area is 521 Å². The molecule has 2 atom stereocenters. The van der Waals surface area contributed by atoms with Gasteiger partial charge in [-0.2, -0.15) is 0 Å². The van der Waals surface area contributed by atoms with E-state index in [0.717, 1.165) is 38.5 Å². The van der Waals surface area contributed by atoms with Gasteiger partial charge >= 0.3 is 5.97 Å². The first-order valence-electron chi connectivity index (χ1n) is 38.8. The van der Waals surface area contributed by atoms with Crippen molar-refractivity contribution in [3.8, 4) is 0 Å². The molecule has 1 amide bonds. The number of hydrogen-bond acceptors (Lipinski definition) is 5. The number of unbranched alkanes of at least 4 members (excludes halogenated alkanes) is 63. The molecule has 83 heavy (non-hydrogen) atoms. The van der Waals surface area contributed by atoms with Crippen molar-refractivity contribution >= 4 is 11.9 Å². The number of aliphatic hydroxyl groups is 2. The van der Waals surface area contributed by atoms with Gasteiger partial charge in [0.05, 0.1) is 25.4 Å².